The van der Waals surface area contributed by atoms with Gasteiger partial charge < -0.3 is 10.1 Å². The summed E-state index contributed by atoms with van der Waals surface area (Å²) in [6, 6.07) is 8.82. The molecule has 0 saturated carbocycles. The molecule has 6 nitrogen and oxygen atoms in total. The van der Waals surface area contributed by atoms with Gasteiger partial charge in [-0.25, -0.2) is 4.68 Å². The van der Waals surface area contributed by atoms with Crippen LogP contribution in [0.25, 0.3) is 0 Å². The molecule has 1 N–H and O–H groups in total. The molecule has 0 saturated heterocycles. The molecule has 0 spiro atoms. The summed E-state index contributed by atoms with van der Waals surface area (Å²) in [6.07, 6.45) is 0. The number of aryl methyl sites for hydroxylation is 3. The molecule has 0 aliphatic heterocycles. The molecular weight excluding hydrogens is 294 g/mol. The lowest BCUT2D eigenvalue weighted by atomic mass is 10.1. The first-order valence-corrected chi connectivity index (χ1v) is 7.47. The molecule has 0 aliphatic rings. The molecule has 2 aromatic rings. The standard InChI is InChI=1S/C17H21N3O3/c1-12-4-6-15(10-13(12)2)23-11-16(21)18-8-9-20-17(22)7-5-14(3)19-20/h4-7,10H,8-9,11H2,1-3H3,(H,18,21). The Balaban J connectivity index is 1.78. The lowest BCUT2D eigenvalue weighted by Gasteiger charge is -2.09. The van der Waals surface area contributed by atoms with Crippen LogP contribution < -0.4 is 15.6 Å². The van der Waals surface area contributed by atoms with Crippen molar-refractivity contribution >= 4 is 5.91 Å². The SMILES string of the molecule is Cc1ccc(=O)n(CCNC(=O)COc2ccc(C)c(C)c2)n1. The zero-order valence-electron chi connectivity index (χ0n) is 13.6. The van der Waals surface area contributed by atoms with Crippen molar-refractivity contribution < 1.29 is 9.53 Å². The number of hydrogen-bond acceptors (Lipinski definition) is 4. The minimum absolute atomic E-state index is 0.0569. The van der Waals surface area contributed by atoms with Crippen LogP contribution in [0.15, 0.2) is 35.1 Å². The third kappa shape index (κ3) is 4.95. The molecule has 0 radical (unpaired) electrons. The first kappa shape index (κ1) is 16.7. The van der Waals surface area contributed by atoms with Gasteiger partial charge in [-0.15, -0.1) is 0 Å². The summed E-state index contributed by atoms with van der Waals surface area (Å²) in [5.74, 6) is 0.434. The molecule has 1 aromatic heterocycles. The van der Waals surface area contributed by atoms with Gasteiger partial charge in [-0.1, -0.05) is 6.07 Å². The van der Waals surface area contributed by atoms with Crippen molar-refractivity contribution in [2.45, 2.75) is 27.3 Å². The summed E-state index contributed by atoms with van der Waals surface area (Å²) >= 11 is 0. The first-order valence-electron chi connectivity index (χ1n) is 7.47. The Morgan fingerprint density at radius 2 is 1.96 bits per heavy atom. The maximum Gasteiger partial charge on any atom is 0.266 e. The lowest BCUT2D eigenvalue weighted by molar-refractivity contribution is -0.123. The van der Waals surface area contributed by atoms with Gasteiger partial charge in [0.2, 0.25) is 0 Å². The molecule has 0 atom stereocenters. The third-order valence-corrected chi connectivity index (χ3v) is 3.49. The van der Waals surface area contributed by atoms with Crippen LogP contribution in [0.3, 0.4) is 0 Å². The predicted molar refractivity (Wildman–Crippen MR) is 87.7 cm³/mol. The van der Waals surface area contributed by atoms with E-state index in [1.165, 1.54) is 16.3 Å². The number of aromatic nitrogens is 2. The van der Waals surface area contributed by atoms with Crippen LogP contribution in [0.5, 0.6) is 5.75 Å². The number of rotatable bonds is 6. The Kier molecular flexibility index (Phi) is 5.51. The van der Waals surface area contributed by atoms with E-state index in [4.69, 9.17) is 4.74 Å². The van der Waals surface area contributed by atoms with E-state index in [9.17, 15) is 9.59 Å². The number of nitrogens with zero attached hydrogens (tertiary/aromatic N) is 2. The van der Waals surface area contributed by atoms with Gasteiger partial charge in [0.15, 0.2) is 6.61 Å². The Bertz CT molecular complexity index is 753. The number of nitrogens with one attached hydrogen (secondary N) is 1. The van der Waals surface area contributed by atoms with Crippen LogP contribution in [0.2, 0.25) is 0 Å². The van der Waals surface area contributed by atoms with E-state index in [1.54, 1.807) is 6.07 Å². The highest BCUT2D eigenvalue weighted by Crippen LogP contribution is 2.16. The predicted octanol–water partition coefficient (Wildman–Crippen LogP) is 1.36. The molecular formula is C17H21N3O3. The maximum atomic E-state index is 11.8. The fourth-order valence-corrected chi connectivity index (χ4v) is 2.02. The smallest absolute Gasteiger partial charge is 0.266 e. The van der Waals surface area contributed by atoms with Crippen LogP contribution in [0.4, 0.5) is 0 Å². The zero-order chi connectivity index (χ0) is 16.8. The molecule has 1 aromatic carbocycles. The second kappa shape index (κ2) is 7.58. The highest BCUT2D eigenvalue weighted by Gasteiger charge is 2.04. The zero-order valence-corrected chi connectivity index (χ0v) is 13.6. The molecule has 1 amide bonds. The minimum atomic E-state index is -0.232. The second-order valence-corrected chi connectivity index (χ2v) is 5.42. The number of amides is 1. The minimum Gasteiger partial charge on any atom is -0.484 e. The Labute approximate surface area is 135 Å². The Hall–Kier alpha value is -2.63. The van der Waals surface area contributed by atoms with Crippen LogP contribution in [-0.4, -0.2) is 28.8 Å². The van der Waals surface area contributed by atoms with Crippen molar-refractivity contribution in [3.63, 3.8) is 0 Å². The molecule has 23 heavy (non-hydrogen) atoms. The third-order valence-electron chi connectivity index (χ3n) is 3.49. The van der Waals surface area contributed by atoms with Crippen LogP contribution in [0.1, 0.15) is 16.8 Å². The number of hydrogen-bond donors (Lipinski definition) is 1. The van der Waals surface area contributed by atoms with Crippen molar-refractivity contribution in [3.05, 3.63) is 57.5 Å². The summed E-state index contributed by atoms with van der Waals surface area (Å²) in [7, 11) is 0. The van der Waals surface area contributed by atoms with Gasteiger partial charge in [0.1, 0.15) is 5.75 Å². The fourth-order valence-electron chi connectivity index (χ4n) is 2.02. The van der Waals surface area contributed by atoms with Gasteiger partial charge in [0.25, 0.3) is 11.5 Å². The monoisotopic (exact) mass is 315 g/mol. The van der Waals surface area contributed by atoms with Gasteiger partial charge in [0.05, 0.1) is 12.2 Å². The average Bonchev–Trinajstić information content (AvgIpc) is 2.52. The van der Waals surface area contributed by atoms with Crippen molar-refractivity contribution in [3.8, 4) is 5.75 Å². The number of carbonyl (C=O) groups is 1. The Morgan fingerprint density at radius 1 is 1.17 bits per heavy atom. The van der Waals surface area contributed by atoms with Gasteiger partial charge in [-0.3, -0.25) is 9.59 Å². The van der Waals surface area contributed by atoms with Crippen molar-refractivity contribution in [2.75, 3.05) is 13.2 Å². The highest BCUT2D eigenvalue weighted by molar-refractivity contribution is 5.77. The molecule has 0 fully saturated rings. The normalized spacial score (nSPS) is 10.4. The van der Waals surface area contributed by atoms with Crippen LogP contribution in [-0.2, 0) is 11.3 Å². The van der Waals surface area contributed by atoms with Crippen molar-refractivity contribution in [2.24, 2.45) is 0 Å². The largest absolute Gasteiger partial charge is 0.484 e. The molecule has 2 rings (SSSR count). The van der Waals surface area contributed by atoms with E-state index in [1.807, 2.05) is 39.0 Å². The summed E-state index contributed by atoms with van der Waals surface area (Å²) in [5, 5.41) is 6.81. The maximum absolute atomic E-state index is 11.8. The van der Waals surface area contributed by atoms with Crippen LogP contribution >= 0.6 is 0 Å². The first-order chi connectivity index (χ1) is 11.0. The van der Waals surface area contributed by atoms with E-state index in [2.05, 4.69) is 10.4 Å². The lowest BCUT2D eigenvalue weighted by Crippen LogP contribution is -2.34. The molecule has 0 aliphatic carbocycles. The Morgan fingerprint density at radius 3 is 2.70 bits per heavy atom. The van der Waals surface area contributed by atoms with Crippen LogP contribution in [0, 0.1) is 20.8 Å². The number of carbonyl (C=O) groups excluding carboxylic acids is 1. The second-order valence-electron chi connectivity index (χ2n) is 5.42. The molecule has 0 bridgehead atoms. The summed E-state index contributed by atoms with van der Waals surface area (Å²) in [4.78, 5) is 23.3. The van der Waals surface area contributed by atoms with Crippen molar-refractivity contribution in [1.82, 2.24) is 15.1 Å². The van der Waals surface area contributed by atoms with E-state index >= 15 is 0 Å². The van der Waals surface area contributed by atoms with E-state index in [0.717, 1.165) is 11.3 Å². The van der Waals surface area contributed by atoms with E-state index in [-0.39, 0.29) is 18.1 Å². The number of benzene rings is 1. The highest BCUT2D eigenvalue weighted by atomic mass is 16.5. The van der Waals surface area contributed by atoms with E-state index in [0.29, 0.717) is 18.8 Å². The van der Waals surface area contributed by atoms with Gasteiger partial charge in [-0.05, 0) is 50.1 Å². The summed E-state index contributed by atoms with van der Waals surface area (Å²) < 4.78 is 6.79. The summed E-state index contributed by atoms with van der Waals surface area (Å²) in [6.45, 7) is 6.42. The summed E-state index contributed by atoms with van der Waals surface area (Å²) in [5.41, 5.74) is 2.87. The van der Waals surface area contributed by atoms with E-state index < -0.39 is 0 Å². The quantitative estimate of drug-likeness (QED) is 0.873. The fraction of sp³-hybridized carbons (Fsp3) is 0.353. The topological polar surface area (TPSA) is 73.2 Å². The van der Waals surface area contributed by atoms with Gasteiger partial charge in [-0.2, -0.15) is 5.10 Å². The molecule has 6 heteroatoms. The molecule has 0 unspecified atom stereocenters. The molecule has 1 heterocycles. The van der Waals surface area contributed by atoms with Gasteiger partial charge >= 0.3 is 0 Å². The molecule has 122 valence electrons. The number of ether oxygens (including phenoxy) is 1. The van der Waals surface area contributed by atoms with Crippen molar-refractivity contribution in [1.29, 1.82) is 0 Å². The average molecular weight is 315 g/mol. The van der Waals surface area contributed by atoms with Gasteiger partial charge in [0, 0.05) is 12.6 Å².